The van der Waals surface area contributed by atoms with Gasteiger partial charge in [0.25, 0.3) is 5.91 Å². The van der Waals surface area contributed by atoms with Crippen molar-refractivity contribution in [3.63, 3.8) is 0 Å². The molecule has 1 amide bonds. The first-order valence-electron chi connectivity index (χ1n) is 4.88. The van der Waals surface area contributed by atoms with Crippen LogP contribution in [0.3, 0.4) is 0 Å². The molecular weight excluding hydrogens is 202 g/mol. The van der Waals surface area contributed by atoms with Gasteiger partial charge in [-0.3, -0.25) is 14.7 Å². The van der Waals surface area contributed by atoms with E-state index in [0.29, 0.717) is 11.4 Å². The van der Waals surface area contributed by atoms with E-state index in [4.69, 9.17) is 0 Å². The molecule has 0 fully saturated rings. The molecule has 0 bridgehead atoms. The normalized spacial score (nSPS) is 9.81. The molecule has 0 N–H and O–H groups in total. The number of pyridine rings is 2. The van der Waals surface area contributed by atoms with Crippen LogP contribution in [0.15, 0.2) is 48.9 Å². The molecule has 0 atom stereocenters. The summed E-state index contributed by atoms with van der Waals surface area (Å²) in [6, 6.07) is 8.91. The van der Waals surface area contributed by atoms with Crippen molar-refractivity contribution in [2.45, 2.75) is 0 Å². The summed E-state index contributed by atoms with van der Waals surface area (Å²) in [6.07, 6.45) is 4.83. The quantitative estimate of drug-likeness (QED) is 0.763. The zero-order chi connectivity index (χ0) is 11.4. The minimum absolute atomic E-state index is 0.119. The molecule has 0 unspecified atom stereocenters. The van der Waals surface area contributed by atoms with Crippen molar-refractivity contribution in [1.82, 2.24) is 9.97 Å². The van der Waals surface area contributed by atoms with Crippen molar-refractivity contribution in [2.75, 3.05) is 11.9 Å². The number of anilines is 1. The summed E-state index contributed by atoms with van der Waals surface area (Å²) >= 11 is 0. The van der Waals surface area contributed by atoms with Gasteiger partial charge in [0.15, 0.2) is 0 Å². The molecule has 16 heavy (non-hydrogen) atoms. The third-order valence-corrected chi connectivity index (χ3v) is 2.21. The van der Waals surface area contributed by atoms with Gasteiger partial charge in [-0.05, 0) is 24.3 Å². The standard InChI is InChI=1S/C12H11N3O/c1-15(11-6-2-3-8-14-11)12(16)10-5-4-7-13-9-10/h2-9H,1H3. The Kier molecular flexibility index (Phi) is 2.91. The Morgan fingerprint density at radius 1 is 1.19 bits per heavy atom. The van der Waals surface area contributed by atoms with Gasteiger partial charge >= 0.3 is 0 Å². The van der Waals surface area contributed by atoms with Gasteiger partial charge in [0, 0.05) is 25.6 Å². The molecule has 2 aromatic rings. The predicted molar refractivity (Wildman–Crippen MR) is 61.2 cm³/mol. The summed E-state index contributed by atoms with van der Waals surface area (Å²) in [7, 11) is 1.69. The third kappa shape index (κ3) is 2.06. The minimum atomic E-state index is -0.119. The van der Waals surface area contributed by atoms with E-state index in [9.17, 15) is 4.79 Å². The Hall–Kier alpha value is -2.23. The molecule has 0 aliphatic heterocycles. The average Bonchev–Trinajstić information content (AvgIpc) is 2.39. The predicted octanol–water partition coefficient (Wildman–Crippen LogP) is 1.75. The number of nitrogens with zero attached hydrogens (tertiary/aromatic N) is 3. The van der Waals surface area contributed by atoms with Gasteiger partial charge in [-0.15, -0.1) is 0 Å². The van der Waals surface area contributed by atoms with Crippen molar-refractivity contribution in [2.24, 2.45) is 0 Å². The van der Waals surface area contributed by atoms with Gasteiger partial charge in [-0.25, -0.2) is 4.98 Å². The van der Waals surface area contributed by atoms with E-state index in [2.05, 4.69) is 9.97 Å². The van der Waals surface area contributed by atoms with E-state index in [1.165, 1.54) is 4.90 Å². The summed E-state index contributed by atoms with van der Waals surface area (Å²) < 4.78 is 0. The van der Waals surface area contributed by atoms with Gasteiger partial charge in [0.05, 0.1) is 5.56 Å². The first-order chi connectivity index (χ1) is 7.79. The zero-order valence-electron chi connectivity index (χ0n) is 8.87. The summed E-state index contributed by atoms with van der Waals surface area (Å²) in [4.78, 5) is 21.5. The SMILES string of the molecule is CN(C(=O)c1cccnc1)c1ccccn1. The van der Waals surface area contributed by atoms with Gasteiger partial charge in [0.1, 0.15) is 5.82 Å². The van der Waals surface area contributed by atoms with Crippen LogP contribution >= 0.6 is 0 Å². The fourth-order valence-corrected chi connectivity index (χ4v) is 1.34. The molecule has 0 saturated carbocycles. The fourth-order valence-electron chi connectivity index (χ4n) is 1.34. The molecule has 2 aromatic heterocycles. The maximum absolute atomic E-state index is 12.0. The molecular formula is C12H11N3O. The molecule has 0 saturated heterocycles. The van der Waals surface area contributed by atoms with Crippen LogP contribution in [0.2, 0.25) is 0 Å². The van der Waals surface area contributed by atoms with Gasteiger partial charge in [0.2, 0.25) is 0 Å². The number of carbonyl (C=O) groups excluding carboxylic acids is 1. The maximum atomic E-state index is 12.0. The molecule has 2 heterocycles. The van der Waals surface area contributed by atoms with Crippen molar-refractivity contribution in [3.8, 4) is 0 Å². The van der Waals surface area contributed by atoms with Crippen LogP contribution in [0.1, 0.15) is 10.4 Å². The summed E-state index contributed by atoms with van der Waals surface area (Å²) in [6.45, 7) is 0. The van der Waals surface area contributed by atoms with Crippen molar-refractivity contribution >= 4 is 11.7 Å². The second-order valence-corrected chi connectivity index (χ2v) is 3.29. The second kappa shape index (κ2) is 4.53. The highest BCUT2D eigenvalue weighted by Crippen LogP contribution is 2.10. The third-order valence-electron chi connectivity index (χ3n) is 2.21. The molecule has 4 heteroatoms. The number of hydrogen-bond donors (Lipinski definition) is 0. The largest absolute Gasteiger partial charge is 0.296 e. The average molecular weight is 213 g/mol. The lowest BCUT2D eigenvalue weighted by Crippen LogP contribution is -2.26. The second-order valence-electron chi connectivity index (χ2n) is 3.29. The van der Waals surface area contributed by atoms with E-state index < -0.39 is 0 Å². The molecule has 0 aliphatic rings. The van der Waals surface area contributed by atoms with E-state index in [1.807, 2.05) is 12.1 Å². The molecule has 0 aromatic carbocycles. The Labute approximate surface area is 93.6 Å². The van der Waals surface area contributed by atoms with Crippen LogP contribution in [0, 0.1) is 0 Å². The highest BCUT2D eigenvalue weighted by atomic mass is 16.2. The lowest BCUT2D eigenvalue weighted by Gasteiger charge is -2.15. The van der Waals surface area contributed by atoms with E-state index in [-0.39, 0.29) is 5.91 Å². The lowest BCUT2D eigenvalue weighted by molar-refractivity contribution is 0.0992. The number of carbonyl (C=O) groups is 1. The Morgan fingerprint density at radius 2 is 2.06 bits per heavy atom. The molecule has 0 aliphatic carbocycles. The summed E-state index contributed by atoms with van der Waals surface area (Å²) in [5.74, 6) is 0.503. The van der Waals surface area contributed by atoms with Gasteiger partial charge in [-0.2, -0.15) is 0 Å². The highest BCUT2D eigenvalue weighted by Gasteiger charge is 2.13. The first-order valence-corrected chi connectivity index (χ1v) is 4.88. The monoisotopic (exact) mass is 213 g/mol. The molecule has 0 radical (unpaired) electrons. The first kappa shape index (κ1) is 10.3. The van der Waals surface area contributed by atoms with Crippen LogP contribution in [-0.2, 0) is 0 Å². The highest BCUT2D eigenvalue weighted by molar-refractivity contribution is 6.04. The summed E-state index contributed by atoms with van der Waals surface area (Å²) in [5, 5.41) is 0. The van der Waals surface area contributed by atoms with Crippen LogP contribution in [-0.4, -0.2) is 22.9 Å². The molecule has 0 spiro atoms. The Balaban J connectivity index is 2.24. The van der Waals surface area contributed by atoms with Crippen LogP contribution in [0.5, 0.6) is 0 Å². The molecule has 4 nitrogen and oxygen atoms in total. The Morgan fingerprint density at radius 3 is 2.69 bits per heavy atom. The van der Waals surface area contributed by atoms with E-state index in [0.717, 1.165) is 0 Å². The number of hydrogen-bond acceptors (Lipinski definition) is 3. The number of rotatable bonds is 2. The lowest BCUT2D eigenvalue weighted by atomic mass is 10.2. The van der Waals surface area contributed by atoms with Crippen molar-refractivity contribution in [3.05, 3.63) is 54.5 Å². The summed E-state index contributed by atoms with van der Waals surface area (Å²) in [5.41, 5.74) is 0.552. The maximum Gasteiger partial charge on any atom is 0.260 e. The van der Waals surface area contributed by atoms with Crippen LogP contribution in [0.4, 0.5) is 5.82 Å². The number of aromatic nitrogens is 2. The van der Waals surface area contributed by atoms with E-state index >= 15 is 0 Å². The van der Waals surface area contributed by atoms with Crippen molar-refractivity contribution < 1.29 is 4.79 Å². The van der Waals surface area contributed by atoms with Gasteiger partial charge in [-0.1, -0.05) is 6.07 Å². The van der Waals surface area contributed by atoms with Crippen molar-refractivity contribution in [1.29, 1.82) is 0 Å². The number of amides is 1. The van der Waals surface area contributed by atoms with E-state index in [1.54, 1.807) is 43.8 Å². The smallest absolute Gasteiger partial charge is 0.260 e. The molecule has 2 rings (SSSR count). The molecule has 80 valence electrons. The minimum Gasteiger partial charge on any atom is -0.296 e. The topological polar surface area (TPSA) is 46.1 Å². The Bertz CT molecular complexity index is 470. The van der Waals surface area contributed by atoms with Crippen LogP contribution in [0.25, 0.3) is 0 Å². The van der Waals surface area contributed by atoms with Gasteiger partial charge < -0.3 is 0 Å². The van der Waals surface area contributed by atoms with Crippen LogP contribution < -0.4 is 4.90 Å². The zero-order valence-corrected chi connectivity index (χ0v) is 8.87. The fraction of sp³-hybridized carbons (Fsp3) is 0.0833.